The molecule has 2 aliphatic rings. The van der Waals surface area contributed by atoms with Crippen molar-refractivity contribution in [1.29, 1.82) is 0 Å². The molecule has 1 aromatic rings. The van der Waals surface area contributed by atoms with Gasteiger partial charge in [-0.25, -0.2) is 4.98 Å². The van der Waals surface area contributed by atoms with Gasteiger partial charge in [-0.15, -0.1) is 0 Å². The Bertz CT molecular complexity index is 415. The van der Waals surface area contributed by atoms with Gasteiger partial charge in [0.1, 0.15) is 5.82 Å². The van der Waals surface area contributed by atoms with E-state index in [2.05, 4.69) is 36.1 Å². The number of aromatic nitrogens is 2. The summed E-state index contributed by atoms with van der Waals surface area (Å²) in [7, 11) is 0. The largest absolute Gasteiger partial charge is 0.377 e. The Morgan fingerprint density at radius 1 is 1.58 bits per heavy atom. The average Bonchev–Trinajstić information content (AvgIpc) is 2.93. The summed E-state index contributed by atoms with van der Waals surface area (Å²) < 4.78 is 5.96. The topological polar surface area (TPSA) is 49.9 Å². The SMILES string of the molecule is CCC(NC1C2CCCOC2C1(C)C)c1ncc[nH]1. The average molecular weight is 263 g/mol. The maximum absolute atomic E-state index is 5.96. The third-order valence-corrected chi connectivity index (χ3v) is 4.97. The van der Waals surface area contributed by atoms with Gasteiger partial charge in [0.25, 0.3) is 0 Å². The Hall–Kier alpha value is -0.870. The lowest BCUT2D eigenvalue weighted by atomic mass is 9.55. The summed E-state index contributed by atoms with van der Waals surface area (Å²) >= 11 is 0. The van der Waals surface area contributed by atoms with Crippen molar-refractivity contribution in [2.45, 2.75) is 58.2 Å². The first kappa shape index (κ1) is 13.1. The first-order chi connectivity index (χ1) is 9.14. The second kappa shape index (κ2) is 4.91. The third-order valence-electron chi connectivity index (χ3n) is 4.97. The van der Waals surface area contributed by atoms with Crippen molar-refractivity contribution in [1.82, 2.24) is 15.3 Å². The van der Waals surface area contributed by atoms with Crippen LogP contribution in [0, 0.1) is 11.3 Å². The molecule has 0 aromatic carbocycles. The Morgan fingerprint density at radius 2 is 2.42 bits per heavy atom. The molecule has 0 bridgehead atoms. The van der Waals surface area contributed by atoms with Gasteiger partial charge < -0.3 is 15.0 Å². The molecule has 4 heteroatoms. The lowest BCUT2D eigenvalue weighted by Crippen LogP contribution is -2.69. The van der Waals surface area contributed by atoms with Gasteiger partial charge >= 0.3 is 0 Å². The fourth-order valence-electron chi connectivity index (χ4n) is 3.94. The summed E-state index contributed by atoms with van der Waals surface area (Å²) in [6, 6.07) is 0.856. The molecule has 2 fully saturated rings. The second-order valence-corrected chi connectivity index (χ2v) is 6.50. The van der Waals surface area contributed by atoms with E-state index in [4.69, 9.17) is 4.74 Å². The van der Waals surface area contributed by atoms with E-state index in [1.54, 1.807) is 0 Å². The molecule has 0 radical (unpaired) electrons. The highest BCUT2D eigenvalue weighted by Crippen LogP contribution is 2.51. The zero-order chi connectivity index (χ0) is 13.5. The summed E-state index contributed by atoms with van der Waals surface area (Å²) in [5, 5.41) is 3.82. The smallest absolute Gasteiger partial charge is 0.123 e. The van der Waals surface area contributed by atoms with E-state index in [1.807, 2.05) is 12.4 Å². The van der Waals surface area contributed by atoms with Gasteiger partial charge in [-0.05, 0) is 19.3 Å². The predicted molar refractivity (Wildman–Crippen MR) is 74.8 cm³/mol. The van der Waals surface area contributed by atoms with E-state index in [0.29, 0.717) is 24.1 Å². The molecule has 3 rings (SSSR count). The summed E-state index contributed by atoms with van der Waals surface area (Å²) in [4.78, 5) is 7.64. The number of hydrogen-bond donors (Lipinski definition) is 2. The van der Waals surface area contributed by atoms with E-state index in [9.17, 15) is 0 Å². The van der Waals surface area contributed by atoms with E-state index in [1.165, 1.54) is 12.8 Å². The first-order valence-electron chi connectivity index (χ1n) is 7.51. The maximum atomic E-state index is 5.96. The standard InChI is InChI=1S/C15H25N3O/c1-4-11(14-16-7-8-17-14)18-12-10-6-5-9-19-13(10)15(12,2)3/h7-8,10-13,18H,4-6,9H2,1-3H3,(H,16,17). The number of aromatic amines is 1. The normalized spacial score (nSPS) is 34.4. The van der Waals surface area contributed by atoms with Crippen LogP contribution in [0.1, 0.15) is 51.9 Å². The summed E-state index contributed by atoms with van der Waals surface area (Å²) in [6.45, 7) is 7.80. The van der Waals surface area contributed by atoms with Gasteiger partial charge in [-0.1, -0.05) is 20.8 Å². The van der Waals surface area contributed by atoms with E-state index < -0.39 is 0 Å². The molecule has 1 aliphatic carbocycles. The van der Waals surface area contributed by atoms with Crippen LogP contribution in [-0.4, -0.2) is 28.7 Å². The molecule has 1 saturated carbocycles. The van der Waals surface area contributed by atoms with Crippen molar-refractivity contribution < 1.29 is 4.74 Å². The molecule has 4 unspecified atom stereocenters. The van der Waals surface area contributed by atoms with Crippen LogP contribution in [0.2, 0.25) is 0 Å². The van der Waals surface area contributed by atoms with Gasteiger partial charge in [-0.2, -0.15) is 0 Å². The molecule has 0 spiro atoms. The number of H-pyrrole nitrogens is 1. The molecular formula is C15H25N3O. The molecule has 4 nitrogen and oxygen atoms in total. The van der Waals surface area contributed by atoms with E-state index >= 15 is 0 Å². The van der Waals surface area contributed by atoms with Gasteiger partial charge in [0.15, 0.2) is 0 Å². The van der Waals surface area contributed by atoms with E-state index in [0.717, 1.165) is 18.9 Å². The van der Waals surface area contributed by atoms with Gasteiger partial charge in [-0.3, -0.25) is 0 Å². The number of ether oxygens (including phenoxy) is 1. The zero-order valence-corrected chi connectivity index (χ0v) is 12.1. The molecule has 2 heterocycles. The molecule has 1 aromatic heterocycles. The van der Waals surface area contributed by atoms with Crippen LogP contribution < -0.4 is 5.32 Å². The van der Waals surface area contributed by atoms with Crippen LogP contribution in [0.25, 0.3) is 0 Å². The van der Waals surface area contributed by atoms with Crippen molar-refractivity contribution in [2.24, 2.45) is 11.3 Å². The molecule has 2 N–H and O–H groups in total. The number of fused-ring (bicyclic) bond motifs is 1. The summed E-state index contributed by atoms with van der Waals surface area (Å²) in [5.41, 5.74) is 0.227. The first-order valence-corrected chi connectivity index (χ1v) is 7.51. The summed E-state index contributed by atoms with van der Waals surface area (Å²) in [6.07, 6.45) is 7.72. The predicted octanol–water partition coefficient (Wildman–Crippen LogP) is 2.65. The van der Waals surface area contributed by atoms with Crippen LogP contribution in [-0.2, 0) is 4.74 Å². The summed E-state index contributed by atoms with van der Waals surface area (Å²) in [5.74, 6) is 1.73. The Morgan fingerprint density at radius 3 is 3.11 bits per heavy atom. The van der Waals surface area contributed by atoms with Crippen molar-refractivity contribution in [3.05, 3.63) is 18.2 Å². The minimum Gasteiger partial charge on any atom is -0.377 e. The highest BCUT2D eigenvalue weighted by Gasteiger charge is 2.58. The monoisotopic (exact) mass is 263 g/mol. The Kier molecular flexibility index (Phi) is 3.39. The Labute approximate surface area is 115 Å². The molecule has 1 saturated heterocycles. The molecule has 0 amide bonds. The lowest BCUT2D eigenvalue weighted by Gasteiger charge is -2.60. The van der Waals surface area contributed by atoms with Crippen LogP contribution in [0.15, 0.2) is 12.4 Å². The molecule has 106 valence electrons. The zero-order valence-electron chi connectivity index (χ0n) is 12.1. The van der Waals surface area contributed by atoms with Crippen molar-refractivity contribution in [2.75, 3.05) is 6.61 Å². The quantitative estimate of drug-likeness (QED) is 0.878. The van der Waals surface area contributed by atoms with Crippen LogP contribution in [0.3, 0.4) is 0 Å². The van der Waals surface area contributed by atoms with Crippen LogP contribution >= 0.6 is 0 Å². The fourth-order valence-corrected chi connectivity index (χ4v) is 3.94. The number of hydrogen-bond acceptors (Lipinski definition) is 3. The number of nitrogens with one attached hydrogen (secondary N) is 2. The third kappa shape index (κ3) is 2.11. The highest BCUT2D eigenvalue weighted by molar-refractivity contribution is 5.12. The number of rotatable bonds is 4. The second-order valence-electron chi connectivity index (χ2n) is 6.50. The fraction of sp³-hybridized carbons (Fsp3) is 0.800. The van der Waals surface area contributed by atoms with Crippen LogP contribution in [0.4, 0.5) is 0 Å². The molecule has 1 aliphatic heterocycles. The maximum Gasteiger partial charge on any atom is 0.123 e. The van der Waals surface area contributed by atoms with Crippen molar-refractivity contribution in [3.63, 3.8) is 0 Å². The van der Waals surface area contributed by atoms with Crippen LogP contribution in [0.5, 0.6) is 0 Å². The lowest BCUT2D eigenvalue weighted by molar-refractivity contribution is -0.194. The number of nitrogens with zero attached hydrogens (tertiary/aromatic N) is 1. The molecule has 4 atom stereocenters. The highest BCUT2D eigenvalue weighted by atomic mass is 16.5. The van der Waals surface area contributed by atoms with Crippen molar-refractivity contribution >= 4 is 0 Å². The van der Waals surface area contributed by atoms with Gasteiger partial charge in [0.2, 0.25) is 0 Å². The van der Waals surface area contributed by atoms with Crippen molar-refractivity contribution in [3.8, 4) is 0 Å². The minimum atomic E-state index is 0.227. The Balaban J connectivity index is 1.71. The van der Waals surface area contributed by atoms with Gasteiger partial charge in [0, 0.05) is 36.4 Å². The van der Waals surface area contributed by atoms with E-state index in [-0.39, 0.29) is 5.41 Å². The minimum absolute atomic E-state index is 0.227. The molecular weight excluding hydrogens is 238 g/mol. The molecule has 19 heavy (non-hydrogen) atoms. The van der Waals surface area contributed by atoms with Gasteiger partial charge in [0.05, 0.1) is 12.1 Å². The number of imidazole rings is 1.